The van der Waals surface area contributed by atoms with E-state index in [1.165, 1.54) is 14.1 Å². The molecule has 8 nitrogen and oxygen atoms in total. The van der Waals surface area contributed by atoms with Crippen LogP contribution < -0.4 is 0 Å². The van der Waals surface area contributed by atoms with Gasteiger partial charge in [-0.15, -0.1) is 0 Å². The summed E-state index contributed by atoms with van der Waals surface area (Å²) in [6.45, 7) is 2.59. The Labute approximate surface area is 192 Å². The van der Waals surface area contributed by atoms with E-state index >= 15 is 0 Å². The Kier molecular flexibility index (Phi) is 6.44. The van der Waals surface area contributed by atoms with E-state index < -0.39 is 10.0 Å². The van der Waals surface area contributed by atoms with Gasteiger partial charge < -0.3 is 9.30 Å². The van der Waals surface area contributed by atoms with Gasteiger partial charge in [0.05, 0.1) is 27.9 Å². The Hall–Kier alpha value is -3.30. The lowest BCUT2D eigenvalue weighted by atomic mass is 10.1. The highest BCUT2D eigenvalue weighted by Gasteiger charge is 2.20. The predicted molar refractivity (Wildman–Crippen MR) is 126 cm³/mol. The van der Waals surface area contributed by atoms with Gasteiger partial charge in [-0.25, -0.2) is 17.7 Å². The highest BCUT2D eigenvalue weighted by Crippen LogP contribution is 2.22. The second kappa shape index (κ2) is 9.29. The molecule has 2 heterocycles. The first-order chi connectivity index (χ1) is 15.8. The number of carbonyl (C=O) groups excluding carboxylic acids is 1. The van der Waals surface area contributed by atoms with Crippen molar-refractivity contribution >= 4 is 37.9 Å². The zero-order valence-electron chi connectivity index (χ0n) is 18.9. The number of fused-ring (bicyclic) bond motifs is 2. The molecule has 33 heavy (non-hydrogen) atoms. The molecule has 0 aliphatic heterocycles. The van der Waals surface area contributed by atoms with Crippen LogP contribution >= 0.6 is 0 Å². The number of hydrogen-bond acceptors (Lipinski definition) is 6. The number of esters is 1. The molecule has 172 valence electrons. The molecule has 2 aromatic heterocycles. The summed E-state index contributed by atoms with van der Waals surface area (Å²) in [6.07, 6.45) is 0.697. The fraction of sp³-hybridized carbons (Fsp3) is 0.292. The number of carbonyl (C=O) groups is 1. The van der Waals surface area contributed by atoms with Crippen molar-refractivity contribution in [1.82, 2.24) is 18.8 Å². The minimum absolute atomic E-state index is 0.0161. The maximum atomic E-state index is 12.4. The third kappa shape index (κ3) is 4.74. The first-order valence-corrected chi connectivity index (χ1v) is 12.2. The average Bonchev–Trinajstić information content (AvgIpc) is 3.17. The van der Waals surface area contributed by atoms with Crippen LogP contribution in [0.2, 0.25) is 0 Å². The number of imidazole rings is 1. The molecule has 0 amide bonds. The van der Waals surface area contributed by atoms with Crippen molar-refractivity contribution < 1.29 is 17.9 Å². The van der Waals surface area contributed by atoms with Gasteiger partial charge in [-0.2, -0.15) is 0 Å². The summed E-state index contributed by atoms with van der Waals surface area (Å²) in [5.74, 6) is 0.236. The Balaban J connectivity index is 1.44. The first-order valence-electron chi connectivity index (χ1n) is 10.7. The number of nitrogens with zero attached hydrogens (tertiary/aromatic N) is 4. The van der Waals surface area contributed by atoms with Crippen LogP contribution in [0.5, 0.6) is 0 Å². The molecule has 0 spiro atoms. The summed E-state index contributed by atoms with van der Waals surface area (Å²) in [5.41, 5.74) is 3.07. The molecule has 0 aliphatic carbocycles. The third-order valence-corrected chi connectivity index (χ3v) is 7.31. The highest BCUT2D eigenvalue weighted by molar-refractivity contribution is 7.89. The Bertz CT molecular complexity index is 1430. The monoisotopic (exact) mass is 466 g/mol. The highest BCUT2D eigenvalue weighted by atomic mass is 32.2. The van der Waals surface area contributed by atoms with Gasteiger partial charge >= 0.3 is 5.97 Å². The number of hydrogen-bond donors (Lipinski definition) is 0. The van der Waals surface area contributed by atoms with Crippen molar-refractivity contribution in [3.05, 3.63) is 66.1 Å². The van der Waals surface area contributed by atoms with Crippen LogP contribution in [-0.2, 0) is 39.1 Å². The van der Waals surface area contributed by atoms with E-state index in [-0.39, 0.29) is 23.9 Å². The minimum atomic E-state index is -3.56. The number of benzene rings is 2. The predicted octanol–water partition coefficient (Wildman–Crippen LogP) is 3.53. The maximum absolute atomic E-state index is 12.4. The van der Waals surface area contributed by atoms with Gasteiger partial charge in [0.25, 0.3) is 0 Å². The van der Waals surface area contributed by atoms with Crippen LogP contribution in [0.1, 0.15) is 24.9 Å². The number of aromatic nitrogens is 3. The second-order valence-electron chi connectivity index (χ2n) is 7.87. The third-order valence-electron chi connectivity index (χ3n) is 5.50. The van der Waals surface area contributed by atoms with E-state index in [2.05, 4.69) is 9.97 Å². The molecule has 9 heteroatoms. The lowest BCUT2D eigenvalue weighted by Crippen LogP contribution is -2.22. The fourth-order valence-electron chi connectivity index (χ4n) is 3.69. The summed E-state index contributed by atoms with van der Waals surface area (Å²) in [5, 5.41) is 1.06. The second-order valence-corrected chi connectivity index (χ2v) is 10.0. The molecule has 0 saturated carbocycles. The van der Waals surface area contributed by atoms with Gasteiger partial charge in [-0.05, 0) is 37.3 Å². The first kappa shape index (κ1) is 22.9. The zero-order chi connectivity index (χ0) is 23.6. The number of sulfonamides is 1. The van der Waals surface area contributed by atoms with Gasteiger partial charge in [-0.3, -0.25) is 9.78 Å². The molecule has 0 radical (unpaired) electrons. The average molecular weight is 467 g/mol. The van der Waals surface area contributed by atoms with Crippen molar-refractivity contribution in [2.45, 2.75) is 37.8 Å². The molecule has 0 bridgehead atoms. The lowest BCUT2D eigenvalue weighted by molar-refractivity contribution is -0.145. The van der Waals surface area contributed by atoms with Gasteiger partial charge in [0.1, 0.15) is 12.4 Å². The van der Waals surface area contributed by atoms with Gasteiger partial charge in [0.2, 0.25) is 10.0 Å². The SMILES string of the molecule is CCn1c(COC(=O)CCc2ccc3ccccc3n2)nc2cc(S(=O)(=O)N(C)C)ccc21. The van der Waals surface area contributed by atoms with Gasteiger partial charge in [0.15, 0.2) is 0 Å². The summed E-state index contributed by atoms with van der Waals surface area (Å²) < 4.78 is 33.4. The Morgan fingerprint density at radius 2 is 1.82 bits per heavy atom. The molecule has 4 aromatic rings. The zero-order valence-corrected chi connectivity index (χ0v) is 19.7. The van der Waals surface area contributed by atoms with E-state index in [9.17, 15) is 13.2 Å². The van der Waals surface area contributed by atoms with Gasteiger partial charge in [-0.1, -0.05) is 24.3 Å². The van der Waals surface area contributed by atoms with Crippen LogP contribution in [0.15, 0.2) is 59.5 Å². The normalized spacial score (nSPS) is 12.0. The van der Waals surface area contributed by atoms with Crippen LogP contribution in [-0.4, -0.2) is 47.3 Å². The van der Waals surface area contributed by atoms with Crippen LogP contribution in [0.4, 0.5) is 0 Å². The summed E-state index contributed by atoms with van der Waals surface area (Å²) in [4.78, 5) is 21.6. The van der Waals surface area contributed by atoms with E-state index in [1.807, 2.05) is 47.9 Å². The molecular weight excluding hydrogens is 440 g/mol. The number of para-hydroxylation sites is 1. The van der Waals surface area contributed by atoms with E-state index in [4.69, 9.17) is 4.74 Å². The van der Waals surface area contributed by atoms with E-state index in [1.54, 1.807) is 18.2 Å². The van der Waals surface area contributed by atoms with Gasteiger partial charge in [0, 0.05) is 38.1 Å². The molecule has 0 saturated heterocycles. The molecule has 0 aliphatic rings. The molecule has 2 aromatic carbocycles. The minimum Gasteiger partial charge on any atom is -0.457 e. The van der Waals surface area contributed by atoms with Crippen molar-refractivity contribution in [1.29, 1.82) is 0 Å². The summed E-state index contributed by atoms with van der Waals surface area (Å²) in [7, 11) is -0.582. The van der Waals surface area contributed by atoms with Crippen LogP contribution in [0.3, 0.4) is 0 Å². The number of ether oxygens (including phenoxy) is 1. The lowest BCUT2D eigenvalue weighted by Gasteiger charge is -2.11. The van der Waals surface area contributed by atoms with Crippen molar-refractivity contribution in [3.63, 3.8) is 0 Å². The standard InChI is InChI=1S/C24H26N4O4S/c1-4-28-22-13-12-19(33(30,31)27(2)3)15-21(22)26-23(28)16-32-24(29)14-11-18-10-9-17-7-5-6-8-20(17)25-18/h5-10,12-13,15H,4,11,14,16H2,1-3H3. The summed E-state index contributed by atoms with van der Waals surface area (Å²) in [6, 6.07) is 16.6. The topological polar surface area (TPSA) is 94.4 Å². The number of rotatable bonds is 8. The van der Waals surface area contributed by atoms with Crippen molar-refractivity contribution in [2.75, 3.05) is 14.1 Å². The van der Waals surface area contributed by atoms with Crippen LogP contribution in [0.25, 0.3) is 21.9 Å². The van der Waals surface area contributed by atoms with Crippen molar-refractivity contribution in [3.8, 4) is 0 Å². The quantitative estimate of drug-likeness (QED) is 0.369. The Morgan fingerprint density at radius 1 is 1.03 bits per heavy atom. The molecule has 0 fully saturated rings. The smallest absolute Gasteiger partial charge is 0.306 e. The molecule has 4 rings (SSSR count). The van der Waals surface area contributed by atoms with E-state index in [0.717, 1.165) is 26.4 Å². The number of aryl methyl sites for hydroxylation is 2. The largest absolute Gasteiger partial charge is 0.457 e. The fourth-order valence-corrected chi connectivity index (χ4v) is 4.61. The molecule has 0 atom stereocenters. The maximum Gasteiger partial charge on any atom is 0.306 e. The molecule has 0 unspecified atom stereocenters. The summed E-state index contributed by atoms with van der Waals surface area (Å²) >= 11 is 0. The number of pyridine rings is 1. The molecule has 0 N–H and O–H groups in total. The van der Waals surface area contributed by atoms with Crippen molar-refractivity contribution in [2.24, 2.45) is 0 Å². The van der Waals surface area contributed by atoms with E-state index in [0.29, 0.717) is 24.3 Å². The van der Waals surface area contributed by atoms with Crippen LogP contribution in [0, 0.1) is 0 Å². The molecular formula is C24H26N4O4S. The Morgan fingerprint density at radius 3 is 2.58 bits per heavy atom.